The van der Waals surface area contributed by atoms with E-state index in [4.69, 9.17) is 9.47 Å². The van der Waals surface area contributed by atoms with Gasteiger partial charge in [0.05, 0.1) is 6.26 Å². The van der Waals surface area contributed by atoms with E-state index in [-0.39, 0.29) is 11.5 Å². The molecule has 0 fully saturated rings. The molecule has 0 aliphatic carbocycles. The molecule has 0 heterocycles. The zero-order valence-electron chi connectivity index (χ0n) is 12.5. The van der Waals surface area contributed by atoms with Crippen LogP contribution in [0.2, 0.25) is 0 Å². The molecule has 0 aromatic heterocycles. The Hall–Kier alpha value is -2.81. The van der Waals surface area contributed by atoms with Crippen molar-refractivity contribution in [2.45, 2.75) is 13.5 Å². The minimum Gasteiger partial charge on any atom is -0.489 e. The van der Waals surface area contributed by atoms with Crippen molar-refractivity contribution in [3.63, 3.8) is 0 Å². The molecule has 0 radical (unpaired) electrons. The lowest BCUT2D eigenvalue weighted by molar-refractivity contribution is 0.0969. The van der Waals surface area contributed by atoms with Gasteiger partial charge in [0.1, 0.15) is 12.4 Å². The molecule has 0 atom stereocenters. The number of benzene rings is 2. The number of para-hydroxylation sites is 1. The molecule has 0 N–H and O–H groups in total. The van der Waals surface area contributed by atoms with E-state index in [0.717, 1.165) is 16.9 Å². The molecule has 0 saturated heterocycles. The topological polar surface area (TPSA) is 35.5 Å². The third-order valence-corrected chi connectivity index (χ3v) is 3.22. The van der Waals surface area contributed by atoms with E-state index in [1.54, 1.807) is 12.1 Å². The minimum atomic E-state index is -0.274. The smallest absolute Gasteiger partial charge is 0.227 e. The summed E-state index contributed by atoms with van der Waals surface area (Å²) in [6.45, 7) is 9.31. The van der Waals surface area contributed by atoms with E-state index in [9.17, 15) is 4.79 Å². The maximum atomic E-state index is 12.3. The van der Waals surface area contributed by atoms with Gasteiger partial charge in [-0.15, -0.1) is 0 Å². The predicted molar refractivity (Wildman–Crippen MR) is 86.7 cm³/mol. The molecule has 0 aliphatic heterocycles. The second-order valence-corrected chi connectivity index (χ2v) is 4.75. The van der Waals surface area contributed by atoms with Crippen LogP contribution in [0.15, 0.2) is 73.7 Å². The van der Waals surface area contributed by atoms with E-state index in [1.165, 1.54) is 6.26 Å². The van der Waals surface area contributed by atoms with Gasteiger partial charge in [0, 0.05) is 11.1 Å². The Bertz CT molecular complexity index is 701. The first-order valence-corrected chi connectivity index (χ1v) is 6.91. The number of hydrogen-bond donors (Lipinski definition) is 0. The van der Waals surface area contributed by atoms with E-state index in [1.807, 2.05) is 43.3 Å². The first-order valence-electron chi connectivity index (χ1n) is 6.91. The van der Waals surface area contributed by atoms with Crippen LogP contribution in [0.4, 0.5) is 0 Å². The second-order valence-electron chi connectivity index (χ2n) is 4.75. The molecule has 3 heteroatoms. The number of hydrogen-bond acceptors (Lipinski definition) is 3. The Morgan fingerprint density at radius 3 is 2.55 bits per heavy atom. The average Bonchev–Trinajstić information content (AvgIpc) is 2.54. The van der Waals surface area contributed by atoms with Crippen molar-refractivity contribution in [1.82, 2.24) is 0 Å². The Morgan fingerprint density at radius 1 is 1.14 bits per heavy atom. The van der Waals surface area contributed by atoms with Crippen LogP contribution >= 0.6 is 0 Å². The molecule has 0 spiro atoms. The largest absolute Gasteiger partial charge is 0.489 e. The summed E-state index contributed by atoms with van der Waals surface area (Å²) in [5.74, 6) is 0.563. The first kappa shape index (κ1) is 15.6. The van der Waals surface area contributed by atoms with Crippen LogP contribution in [0.1, 0.15) is 21.5 Å². The summed E-state index contributed by atoms with van der Waals surface area (Å²) < 4.78 is 10.8. The van der Waals surface area contributed by atoms with Crippen molar-refractivity contribution in [2.24, 2.45) is 0 Å². The SMILES string of the molecule is C=COC(=C)C(=O)c1ccccc1COc1ccccc1C. The molecule has 0 amide bonds. The Labute approximate surface area is 130 Å². The van der Waals surface area contributed by atoms with Crippen LogP contribution in [-0.2, 0) is 11.3 Å². The molecule has 0 unspecified atom stereocenters. The Balaban J connectivity index is 2.18. The normalized spacial score (nSPS) is 9.86. The summed E-state index contributed by atoms with van der Waals surface area (Å²) in [6, 6.07) is 15.0. The summed E-state index contributed by atoms with van der Waals surface area (Å²) in [5.41, 5.74) is 2.35. The number of allylic oxidation sites excluding steroid dienone is 1. The Kier molecular flexibility index (Phi) is 5.15. The van der Waals surface area contributed by atoms with Gasteiger partial charge in [0.2, 0.25) is 5.78 Å². The molecule has 112 valence electrons. The first-order chi connectivity index (χ1) is 10.6. The maximum Gasteiger partial charge on any atom is 0.227 e. The number of Topliss-reactive ketones (excluding diaryl/α,β-unsaturated/α-hetero) is 1. The highest BCUT2D eigenvalue weighted by Crippen LogP contribution is 2.20. The van der Waals surface area contributed by atoms with Crippen molar-refractivity contribution >= 4 is 5.78 Å². The standard InChI is InChI=1S/C19H18O3/c1-4-21-15(3)19(20)17-11-7-6-10-16(17)13-22-18-12-8-5-9-14(18)2/h4-12H,1,3,13H2,2H3. The fraction of sp³-hybridized carbons (Fsp3) is 0.105. The predicted octanol–water partition coefficient (Wildman–Crippen LogP) is 4.43. The molecule has 0 bridgehead atoms. The van der Waals surface area contributed by atoms with Gasteiger partial charge in [0.25, 0.3) is 0 Å². The number of ketones is 1. The fourth-order valence-corrected chi connectivity index (χ4v) is 2.05. The summed E-state index contributed by atoms with van der Waals surface area (Å²) in [5, 5.41) is 0. The van der Waals surface area contributed by atoms with Crippen LogP contribution in [0.25, 0.3) is 0 Å². The van der Waals surface area contributed by atoms with Gasteiger partial charge in [-0.1, -0.05) is 55.6 Å². The molecule has 2 rings (SSSR count). The van der Waals surface area contributed by atoms with Crippen LogP contribution in [-0.4, -0.2) is 5.78 Å². The van der Waals surface area contributed by atoms with Crippen LogP contribution < -0.4 is 4.74 Å². The second kappa shape index (κ2) is 7.27. The van der Waals surface area contributed by atoms with Gasteiger partial charge in [-0.25, -0.2) is 0 Å². The van der Waals surface area contributed by atoms with Crippen LogP contribution in [0.3, 0.4) is 0 Å². The summed E-state index contributed by atoms with van der Waals surface area (Å²) in [7, 11) is 0. The molecular formula is C19H18O3. The monoisotopic (exact) mass is 294 g/mol. The van der Waals surface area contributed by atoms with E-state index < -0.39 is 0 Å². The molecule has 0 saturated carbocycles. The fourth-order valence-electron chi connectivity index (χ4n) is 2.05. The maximum absolute atomic E-state index is 12.3. The quantitative estimate of drug-likeness (QED) is 0.430. The number of aryl methyl sites for hydroxylation is 1. The van der Waals surface area contributed by atoms with E-state index in [0.29, 0.717) is 12.2 Å². The third-order valence-electron chi connectivity index (χ3n) is 3.22. The van der Waals surface area contributed by atoms with Gasteiger partial charge >= 0.3 is 0 Å². The van der Waals surface area contributed by atoms with Crippen molar-refractivity contribution in [3.05, 3.63) is 90.4 Å². The van der Waals surface area contributed by atoms with E-state index in [2.05, 4.69) is 13.2 Å². The number of carbonyl (C=O) groups is 1. The van der Waals surface area contributed by atoms with Gasteiger partial charge in [-0.05, 0) is 18.6 Å². The highest BCUT2D eigenvalue weighted by Gasteiger charge is 2.15. The summed E-state index contributed by atoms with van der Waals surface area (Å²) in [6.07, 6.45) is 1.19. The van der Waals surface area contributed by atoms with Crippen molar-refractivity contribution in [2.75, 3.05) is 0 Å². The number of ether oxygens (including phenoxy) is 2. The lowest BCUT2D eigenvalue weighted by atomic mass is 10.0. The summed E-state index contributed by atoms with van der Waals surface area (Å²) >= 11 is 0. The van der Waals surface area contributed by atoms with Crippen LogP contribution in [0, 0.1) is 6.92 Å². The molecule has 22 heavy (non-hydrogen) atoms. The van der Waals surface area contributed by atoms with Gasteiger partial charge < -0.3 is 9.47 Å². The average molecular weight is 294 g/mol. The summed E-state index contributed by atoms with van der Waals surface area (Å²) in [4.78, 5) is 12.3. The minimum absolute atomic E-state index is 0.0401. The highest BCUT2D eigenvalue weighted by atomic mass is 16.5. The number of rotatable bonds is 7. The van der Waals surface area contributed by atoms with Crippen molar-refractivity contribution in [1.29, 1.82) is 0 Å². The van der Waals surface area contributed by atoms with Gasteiger partial charge in [-0.2, -0.15) is 0 Å². The van der Waals surface area contributed by atoms with Gasteiger partial charge in [0.15, 0.2) is 5.76 Å². The van der Waals surface area contributed by atoms with Crippen LogP contribution in [0.5, 0.6) is 5.75 Å². The third kappa shape index (κ3) is 3.64. The molecule has 2 aromatic carbocycles. The van der Waals surface area contributed by atoms with Gasteiger partial charge in [-0.3, -0.25) is 4.79 Å². The Morgan fingerprint density at radius 2 is 1.82 bits per heavy atom. The zero-order valence-corrected chi connectivity index (χ0v) is 12.5. The lowest BCUT2D eigenvalue weighted by Gasteiger charge is -2.12. The van der Waals surface area contributed by atoms with Crippen molar-refractivity contribution < 1.29 is 14.3 Å². The highest BCUT2D eigenvalue weighted by molar-refractivity contribution is 6.07. The zero-order chi connectivity index (χ0) is 15.9. The molecule has 0 aliphatic rings. The number of carbonyl (C=O) groups excluding carboxylic acids is 1. The molecule has 2 aromatic rings. The van der Waals surface area contributed by atoms with E-state index >= 15 is 0 Å². The molecule has 3 nitrogen and oxygen atoms in total. The molecular weight excluding hydrogens is 276 g/mol. The lowest BCUT2D eigenvalue weighted by Crippen LogP contribution is -2.09. The van der Waals surface area contributed by atoms with Crippen molar-refractivity contribution in [3.8, 4) is 5.75 Å².